The number of ether oxygens (including phenoxy) is 3. The first kappa shape index (κ1) is 23.2. The molecular formula is C26H31N5O5. The summed E-state index contributed by atoms with van der Waals surface area (Å²) >= 11 is 0. The smallest absolute Gasteiger partial charge is 0.274 e. The molecule has 10 nitrogen and oxygen atoms in total. The second-order valence-electron chi connectivity index (χ2n) is 10.6. The average molecular weight is 494 g/mol. The normalized spacial score (nSPS) is 25.1. The van der Waals surface area contributed by atoms with Gasteiger partial charge in [0.1, 0.15) is 11.3 Å². The molecule has 4 heterocycles. The van der Waals surface area contributed by atoms with Gasteiger partial charge in [-0.2, -0.15) is 10.1 Å². The standard InChI is InChI=1S/C26H31N5O5/c1-16(2)36-23-19(22(32)27-20-5-4-10-30(24(20)33)18-6-7-18)11-17-12-31(29-21(17)28-23)25-8-9-26(13-25,15-34-3)35-14-25/h4-5,10-12,16,18H,6-9,13-15H2,1-3H3,(H,27,32)/t25-,26-/m0/s1. The maximum Gasteiger partial charge on any atom is 0.274 e. The van der Waals surface area contributed by atoms with Crippen molar-refractivity contribution in [2.75, 3.05) is 25.6 Å². The molecule has 1 saturated heterocycles. The van der Waals surface area contributed by atoms with E-state index in [0.29, 0.717) is 18.9 Å². The van der Waals surface area contributed by atoms with E-state index >= 15 is 0 Å². The summed E-state index contributed by atoms with van der Waals surface area (Å²) in [6.45, 7) is 4.88. The van der Waals surface area contributed by atoms with Crippen LogP contribution in [-0.4, -0.2) is 57.3 Å². The van der Waals surface area contributed by atoms with E-state index < -0.39 is 5.91 Å². The van der Waals surface area contributed by atoms with Crippen molar-refractivity contribution >= 4 is 22.6 Å². The Bertz CT molecular complexity index is 1380. The molecule has 2 aliphatic carbocycles. The number of rotatable bonds is 8. The molecule has 3 aliphatic rings. The summed E-state index contributed by atoms with van der Waals surface area (Å²) in [6, 6.07) is 5.36. The van der Waals surface area contributed by atoms with Gasteiger partial charge in [0.25, 0.3) is 11.5 Å². The van der Waals surface area contributed by atoms with Gasteiger partial charge in [-0.15, -0.1) is 0 Å². The fraction of sp³-hybridized carbons (Fsp3) is 0.538. The Balaban J connectivity index is 1.34. The summed E-state index contributed by atoms with van der Waals surface area (Å²) in [5.74, 6) is -0.250. The predicted octanol–water partition coefficient (Wildman–Crippen LogP) is 3.26. The third-order valence-corrected chi connectivity index (χ3v) is 7.45. The van der Waals surface area contributed by atoms with Gasteiger partial charge in [0.05, 0.1) is 30.5 Å². The molecule has 0 spiro atoms. The van der Waals surface area contributed by atoms with E-state index in [9.17, 15) is 9.59 Å². The Morgan fingerprint density at radius 3 is 2.86 bits per heavy atom. The van der Waals surface area contributed by atoms with Gasteiger partial charge in [0.15, 0.2) is 5.65 Å². The van der Waals surface area contributed by atoms with E-state index in [2.05, 4.69) is 10.3 Å². The lowest BCUT2D eigenvalue weighted by atomic mass is 9.99. The molecule has 2 atom stereocenters. The van der Waals surface area contributed by atoms with E-state index in [4.69, 9.17) is 19.3 Å². The second kappa shape index (κ2) is 8.41. The molecule has 36 heavy (non-hydrogen) atoms. The lowest BCUT2D eigenvalue weighted by molar-refractivity contribution is -0.0698. The molecule has 190 valence electrons. The zero-order chi connectivity index (χ0) is 25.1. The third kappa shape index (κ3) is 3.88. The molecule has 0 radical (unpaired) electrons. The van der Waals surface area contributed by atoms with Gasteiger partial charge < -0.3 is 24.1 Å². The summed E-state index contributed by atoms with van der Waals surface area (Å²) in [4.78, 5) is 30.8. The van der Waals surface area contributed by atoms with Gasteiger partial charge in [-0.3, -0.25) is 14.3 Å². The summed E-state index contributed by atoms with van der Waals surface area (Å²) in [5, 5.41) is 8.29. The molecule has 1 N–H and O–H groups in total. The monoisotopic (exact) mass is 493 g/mol. The van der Waals surface area contributed by atoms with Crippen LogP contribution in [0.3, 0.4) is 0 Å². The highest BCUT2D eigenvalue weighted by atomic mass is 16.5. The molecule has 3 aromatic heterocycles. The number of carbonyl (C=O) groups is 1. The van der Waals surface area contributed by atoms with Crippen molar-refractivity contribution in [3.63, 3.8) is 0 Å². The average Bonchev–Trinajstić information content (AvgIpc) is 3.34. The number of methoxy groups -OCH3 is 1. The van der Waals surface area contributed by atoms with Crippen molar-refractivity contribution in [2.45, 2.75) is 69.2 Å². The fourth-order valence-electron chi connectivity index (χ4n) is 5.55. The Morgan fingerprint density at radius 1 is 1.33 bits per heavy atom. The molecule has 3 aromatic rings. The number of aromatic nitrogens is 4. The largest absolute Gasteiger partial charge is 0.474 e. The summed E-state index contributed by atoms with van der Waals surface area (Å²) in [7, 11) is 1.70. The quantitative estimate of drug-likeness (QED) is 0.513. The van der Waals surface area contributed by atoms with Gasteiger partial charge in [-0.25, -0.2) is 0 Å². The topological polar surface area (TPSA) is 110 Å². The van der Waals surface area contributed by atoms with E-state index in [1.807, 2.05) is 24.7 Å². The van der Waals surface area contributed by atoms with E-state index in [0.717, 1.165) is 37.5 Å². The lowest BCUT2D eigenvalue weighted by Gasteiger charge is -2.28. The van der Waals surface area contributed by atoms with Gasteiger partial charge >= 0.3 is 0 Å². The minimum Gasteiger partial charge on any atom is -0.474 e. The van der Waals surface area contributed by atoms with E-state index in [1.165, 1.54) is 0 Å². The first-order valence-corrected chi connectivity index (χ1v) is 12.5. The Hall–Kier alpha value is -3.24. The van der Waals surface area contributed by atoms with Gasteiger partial charge in [-0.05, 0) is 57.7 Å². The molecule has 1 amide bonds. The number of fused-ring (bicyclic) bond motifs is 3. The fourth-order valence-corrected chi connectivity index (χ4v) is 5.55. The molecule has 6 rings (SSSR count). The van der Waals surface area contributed by atoms with Crippen LogP contribution in [0, 0.1) is 0 Å². The molecule has 0 aromatic carbocycles. The zero-order valence-electron chi connectivity index (χ0n) is 20.8. The Kier molecular flexibility index (Phi) is 5.42. The lowest BCUT2D eigenvalue weighted by Crippen LogP contribution is -2.34. The van der Waals surface area contributed by atoms with Crippen molar-refractivity contribution < 1.29 is 19.0 Å². The number of anilines is 1. The van der Waals surface area contributed by atoms with Crippen molar-refractivity contribution in [3.05, 3.63) is 46.5 Å². The van der Waals surface area contributed by atoms with Crippen LogP contribution in [0.5, 0.6) is 5.88 Å². The van der Waals surface area contributed by atoms with Crippen LogP contribution >= 0.6 is 0 Å². The second-order valence-corrected chi connectivity index (χ2v) is 10.6. The van der Waals surface area contributed by atoms with Crippen LogP contribution in [0.2, 0.25) is 0 Å². The third-order valence-electron chi connectivity index (χ3n) is 7.45. The number of nitrogens with zero attached hydrogens (tertiary/aromatic N) is 4. The highest BCUT2D eigenvalue weighted by Gasteiger charge is 2.57. The van der Waals surface area contributed by atoms with Crippen molar-refractivity contribution in [1.29, 1.82) is 0 Å². The maximum atomic E-state index is 13.4. The number of nitrogens with one attached hydrogen (secondary N) is 1. The summed E-state index contributed by atoms with van der Waals surface area (Å²) in [5.41, 5.74) is 0.283. The van der Waals surface area contributed by atoms with Crippen LogP contribution in [-0.2, 0) is 15.0 Å². The van der Waals surface area contributed by atoms with Gasteiger partial charge in [0.2, 0.25) is 5.88 Å². The molecular weight excluding hydrogens is 462 g/mol. The molecule has 2 bridgehead atoms. The Labute approximate surface area is 208 Å². The zero-order valence-corrected chi connectivity index (χ0v) is 20.8. The molecule has 2 saturated carbocycles. The Morgan fingerprint density at radius 2 is 2.17 bits per heavy atom. The van der Waals surface area contributed by atoms with Crippen LogP contribution in [0.1, 0.15) is 62.4 Å². The van der Waals surface area contributed by atoms with E-state index in [1.54, 1.807) is 36.1 Å². The van der Waals surface area contributed by atoms with Gasteiger partial charge in [-0.1, -0.05) is 0 Å². The highest BCUT2D eigenvalue weighted by molar-refractivity contribution is 6.07. The van der Waals surface area contributed by atoms with Crippen LogP contribution in [0.15, 0.2) is 35.4 Å². The number of pyridine rings is 2. The van der Waals surface area contributed by atoms with E-state index in [-0.39, 0.29) is 46.0 Å². The number of amides is 1. The predicted molar refractivity (Wildman–Crippen MR) is 133 cm³/mol. The minimum atomic E-state index is -0.444. The number of carbonyl (C=O) groups excluding carboxylic acids is 1. The minimum absolute atomic E-state index is 0.194. The van der Waals surface area contributed by atoms with Gasteiger partial charge in [0, 0.05) is 37.4 Å². The number of hydrogen-bond acceptors (Lipinski definition) is 7. The van der Waals surface area contributed by atoms with Crippen molar-refractivity contribution in [2.24, 2.45) is 0 Å². The van der Waals surface area contributed by atoms with Crippen LogP contribution in [0.4, 0.5) is 5.69 Å². The van der Waals surface area contributed by atoms with Crippen molar-refractivity contribution in [3.8, 4) is 5.88 Å². The first-order valence-electron chi connectivity index (χ1n) is 12.5. The maximum absolute atomic E-state index is 13.4. The SMILES string of the molecule is COC[C@@]12CC[C@@](n3cc4cc(C(=O)Nc5cccn(C6CC6)c5=O)c(OC(C)C)nc4n3)(CO1)C2. The molecule has 1 aliphatic heterocycles. The number of hydrogen-bond donors (Lipinski definition) is 1. The molecule has 3 fully saturated rings. The molecule has 10 heteroatoms. The van der Waals surface area contributed by atoms with Crippen LogP contribution < -0.4 is 15.6 Å². The first-order chi connectivity index (χ1) is 17.3. The summed E-state index contributed by atoms with van der Waals surface area (Å²) in [6.07, 6.45) is 8.13. The van der Waals surface area contributed by atoms with Crippen LogP contribution in [0.25, 0.3) is 11.0 Å². The highest BCUT2D eigenvalue weighted by Crippen LogP contribution is 2.51. The summed E-state index contributed by atoms with van der Waals surface area (Å²) < 4.78 is 21.1. The molecule has 0 unspecified atom stereocenters. The van der Waals surface area contributed by atoms with Crippen molar-refractivity contribution in [1.82, 2.24) is 19.3 Å².